The van der Waals surface area contributed by atoms with Crippen molar-refractivity contribution in [2.45, 2.75) is 13.0 Å². The number of nitrogens with zero attached hydrogens (tertiary/aromatic N) is 1. The van der Waals surface area contributed by atoms with Crippen LogP contribution >= 0.6 is 23.2 Å². The van der Waals surface area contributed by atoms with Gasteiger partial charge in [0.1, 0.15) is 12.3 Å². The van der Waals surface area contributed by atoms with Gasteiger partial charge >= 0.3 is 6.09 Å². The maximum atomic E-state index is 11.5. The van der Waals surface area contributed by atoms with Crippen molar-refractivity contribution in [1.29, 1.82) is 0 Å². The molecule has 2 rings (SSSR count). The highest BCUT2D eigenvalue weighted by atomic mass is 35.5. The Kier molecular flexibility index (Phi) is 6.74. The van der Waals surface area contributed by atoms with Crippen molar-refractivity contribution in [3.8, 4) is 11.8 Å². The summed E-state index contributed by atoms with van der Waals surface area (Å²) >= 11 is 11.7. The van der Waals surface area contributed by atoms with E-state index in [0.717, 1.165) is 5.56 Å². The Labute approximate surface area is 144 Å². The molecule has 0 fully saturated rings. The summed E-state index contributed by atoms with van der Waals surface area (Å²) < 4.78 is 5.08. The summed E-state index contributed by atoms with van der Waals surface area (Å²) in [5, 5.41) is 3.49. The summed E-state index contributed by atoms with van der Waals surface area (Å²) in [6.07, 6.45) is 1.47. The molecular weight excluding hydrogens is 335 g/mol. The van der Waals surface area contributed by atoms with Crippen LogP contribution in [0.2, 0.25) is 10.0 Å². The number of rotatable bonds is 4. The highest BCUT2D eigenvalue weighted by Gasteiger charge is 2.01. The molecule has 1 aromatic carbocycles. The third-order valence-electron chi connectivity index (χ3n) is 2.75. The van der Waals surface area contributed by atoms with Crippen LogP contribution in [0.25, 0.3) is 0 Å². The molecule has 6 heteroatoms. The lowest BCUT2D eigenvalue weighted by Gasteiger charge is -2.05. The second-order valence-electron chi connectivity index (χ2n) is 4.52. The van der Waals surface area contributed by atoms with E-state index in [1.807, 2.05) is 30.3 Å². The molecule has 0 saturated heterocycles. The summed E-state index contributed by atoms with van der Waals surface area (Å²) in [5.41, 5.74) is 1.40. The van der Waals surface area contributed by atoms with Gasteiger partial charge in [-0.1, -0.05) is 59.5 Å². The fourth-order valence-corrected chi connectivity index (χ4v) is 2.08. The first-order valence-corrected chi connectivity index (χ1v) is 7.65. The molecule has 0 aliphatic rings. The molecule has 23 heavy (non-hydrogen) atoms. The average molecular weight is 349 g/mol. The first kappa shape index (κ1) is 17.1. The molecule has 0 spiro atoms. The maximum Gasteiger partial charge on any atom is 0.407 e. The van der Waals surface area contributed by atoms with E-state index >= 15 is 0 Å². The number of carbonyl (C=O) groups is 1. The van der Waals surface area contributed by atoms with E-state index in [0.29, 0.717) is 28.7 Å². The first-order valence-electron chi connectivity index (χ1n) is 6.89. The molecule has 1 N–H and O–H groups in total. The number of halogens is 2. The van der Waals surface area contributed by atoms with Crippen LogP contribution in [0.1, 0.15) is 17.7 Å². The largest absolute Gasteiger partial charge is 0.445 e. The molecule has 118 valence electrons. The number of ether oxygens (including phenoxy) is 1. The maximum absolute atomic E-state index is 11.5. The summed E-state index contributed by atoms with van der Waals surface area (Å²) in [7, 11) is 0. The topological polar surface area (TPSA) is 51.2 Å². The Morgan fingerprint density at radius 1 is 1.26 bits per heavy atom. The van der Waals surface area contributed by atoms with Crippen LogP contribution in [0.5, 0.6) is 0 Å². The van der Waals surface area contributed by atoms with Crippen LogP contribution in [0.15, 0.2) is 42.6 Å². The van der Waals surface area contributed by atoms with Gasteiger partial charge < -0.3 is 10.1 Å². The van der Waals surface area contributed by atoms with Gasteiger partial charge in [0.15, 0.2) is 0 Å². The Morgan fingerprint density at radius 3 is 2.78 bits per heavy atom. The molecular formula is C17H14Cl2N2O2. The number of pyridine rings is 1. The Bertz CT molecular complexity index is 724. The van der Waals surface area contributed by atoms with Gasteiger partial charge in [-0.2, -0.15) is 0 Å². The molecule has 0 aliphatic carbocycles. The molecule has 0 radical (unpaired) electrons. The lowest BCUT2D eigenvalue weighted by molar-refractivity contribution is 0.140. The highest BCUT2D eigenvalue weighted by molar-refractivity contribution is 6.35. The van der Waals surface area contributed by atoms with Crippen LogP contribution < -0.4 is 5.32 Å². The number of amides is 1. The van der Waals surface area contributed by atoms with Gasteiger partial charge in [-0.15, -0.1) is 0 Å². The van der Waals surface area contributed by atoms with E-state index in [1.165, 1.54) is 6.20 Å². The van der Waals surface area contributed by atoms with Gasteiger partial charge in [0.25, 0.3) is 0 Å². The third kappa shape index (κ3) is 6.19. The Hall–Kier alpha value is -2.22. The fourth-order valence-electron chi connectivity index (χ4n) is 1.65. The van der Waals surface area contributed by atoms with Crippen LogP contribution in [-0.2, 0) is 11.3 Å². The van der Waals surface area contributed by atoms with Gasteiger partial charge in [0.2, 0.25) is 0 Å². The average Bonchev–Trinajstić information content (AvgIpc) is 2.55. The van der Waals surface area contributed by atoms with Gasteiger partial charge in [-0.3, -0.25) is 0 Å². The summed E-state index contributed by atoms with van der Waals surface area (Å²) in [6.45, 7) is 0.620. The molecule has 0 unspecified atom stereocenters. The zero-order valence-corrected chi connectivity index (χ0v) is 13.7. The number of hydrogen-bond acceptors (Lipinski definition) is 3. The minimum Gasteiger partial charge on any atom is -0.445 e. The first-order chi connectivity index (χ1) is 11.1. The predicted octanol–water partition coefficient (Wildman–Crippen LogP) is 4.06. The van der Waals surface area contributed by atoms with E-state index in [9.17, 15) is 4.79 Å². The number of aromatic nitrogens is 1. The van der Waals surface area contributed by atoms with Crippen molar-refractivity contribution in [3.63, 3.8) is 0 Å². The molecule has 0 atom stereocenters. The smallest absolute Gasteiger partial charge is 0.407 e. The van der Waals surface area contributed by atoms with E-state index < -0.39 is 6.09 Å². The van der Waals surface area contributed by atoms with Crippen LogP contribution in [-0.4, -0.2) is 17.6 Å². The molecule has 0 saturated carbocycles. The molecule has 1 aromatic heterocycles. The molecule has 2 aromatic rings. The second kappa shape index (κ2) is 9.04. The third-order valence-corrected chi connectivity index (χ3v) is 3.24. The predicted molar refractivity (Wildman–Crippen MR) is 90.4 cm³/mol. The van der Waals surface area contributed by atoms with Crippen LogP contribution in [0.4, 0.5) is 4.79 Å². The minimum absolute atomic E-state index is 0.239. The summed E-state index contributed by atoms with van der Waals surface area (Å²) in [6, 6.07) is 11.1. The van der Waals surface area contributed by atoms with E-state index in [4.69, 9.17) is 27.9 Å². The van der Waals surface area contributed by atoms with Crippen molar-refractivity contribution in [1.82, 2.24) is 10.3 Å². The standard InChI is InChI=1S/C17H14Cl2N2O2/c18-14-10-15(19)16(21-11-14)8-4-5-9-20-17(22)23-12-13-6-2-1-3-7-13/h1-3,6-7,10-11H,5,9,12H2,(H,20,22). The summed E-state index contributed by atoms with van der Waals surface area (Å²) in [4.78, 5) is 15.5. The van der Waals surface area contributed by atoms with Crippen LogP contribution in [0, 0.1) is 11.8 Å². The minimum atomic E-state index is -0.474. The molecule has 1 amide bonds. The number of alkyl carbamates (subject to hydrolysis) is 1. The summed E-state index contributed by atoms with van der Waals surface area (Å²) in [5.74, 6) is 5.71. The van der Waals surface area contributed by atoms with Gasteiger partial charge in [-0.25, -0.2) is 9.78 Å². The van der Waals surface area contributed by atoms with E-state index in [2.05, 4.69) is 22.1 Å². The van der Waals surface area contributed by atoms with E-state index in [1.54, 1.807) is 6.07 Å². The van der Waals surface area contributed by atoms with E-state index in [-0.39, 0.29) is 6.61 Å². The van der Waals surface area contributed by atoms with Gasteiger partial charge in [-0.05, 0) is 17.6 Å². The molecule has 1 heterocycles. The lowest BCUT2D eigenvalue weighted by atomic mass is 10.2. The van der Waals surface area contributed by atoms with Crippen molar-refractivity contribution in [3.05, 3.63) is 63.9 Å². The lowest BCUT2D eigenvalue weighted by Crippen LogP contribution is -2.24. The van der Waals surface area contributed by atoms with Crippen molar-refractivity contribution < 1.29 is 9.53 Å². The highest BCUT2D eigenvalue weighted by Crippen LogP contribution is 2.17. The number of benzene rings is 1. The normalized spacial score (nSPS) is 9.65. The zero-order valence-electron chi connectivity index (χ0n) is 12.2. The Morgan fingerprint density at radius 2 is 2.04 bits per heavy atom. The molecule has 0 aliphatic heterocycles. The van der Waals surface area contributed by atoms with Gasteiger partial charge in [0, 0.05) is 19.2 Å². The van der Waals surface area contributed by atoms with Crippen molar-refractivity contribution in [2.24, 2.45) is 0 Å². The van der Waals surface area contributed by atoms with Crippen molar-refractivity contribution in [2.75, 3.05) is 6.54 Å². The number of hydrogen-bond donors (Lipinski definition) is 1. The van der Waals surface area contributed by atoms with Crippen LogP contribution in [0.3, 0.4) is 0 Å². The number of carbonyl (C=O) groups excluding carboxylic acids is 1. The van der Waals surface area contributed by atoms with Crippen molar-refractivity contribution >= 4 is 29.3 Å². The number of nitrogens with one attached hydrogen (secondary N) is 1. The SMILES string of the molecule is O=C(NCCC#Cc1ncc(Cl)cc1Cl)OCc1ccccc1. The Balaban J connectivity index is 1.69. The molecule has 4 nitrogen and oxygen atoms in total. The molecule has 0 bridgehead atoms. The fraction of sp³-hybridized carbons (Fsp3) is 0.176. The quantitative estimate of drug-likeness (QED) is 0.669. The zero-order chi connectivity index (χ0) is 16.5. The second-order valence-corrected chi connectivity index (χ2v) is 5.37. The van der Waals surface area contributed by atoms with Gasteiger partial charge in [0.05, 0.1) is 10.0 Å². The monoisotopic (exact) mass is 348 g/mol.